The molecule has 0 amide bonds. The van der Waals surface area contributed by atoms with E-state index in [2.05, 4.69) is 10.1 Å². The summed E-state index contributed by atoms with van der Waals surface area (Å²) in [5.41, 5.74) is 1.87. The molecule has 0 aliphatic rings. The van der Waals surface area contributed by atoms with Crippen molar-refractivity contribution in [3.05, 3.63) is 110 Å². The first-order chi connectivity index (χ1) is 16.5. The first-order valence-electron chi connectivity index (χ1n) is 10.7. The Morgan fingerprint density at radius 1 is 1.00 bits per heavy atom. The van der Waals surface area contributed by atoms with E-state index in [0.29, 0.717) is 17.7 Å². The van der Waals surface area contributed by atoms with E-state index in [-0.39, 0.29) is 17.5 Å². The molecule has 0 aliphatic heterocycles. The Morgan fingerprint density at radius 2 is 1.69 bits per heavy atom. The lowest BCUT2D eigenvalue weighted by atomic mass is 10.0. The molecule has 0 saturated heterocycles. The Morgan fingerprint density at radius 3 is 2.26 bits per heavy atom. The van der Waals surface area contributed by atoms with Crippen LogP contribution in [0.3, 0.4) is 0 Å². The van der Waals surface area contributed by atoms with Gasteiger partial charge in [-0.2, -0.15) is 5.10 Å². The fourth-order valence-electron chi connectivity index (χ4n) is 3.93. The number of aryl methyl sites for hydroxylation is 2. The van der Waals surface area contributed by atoms with Crippen LogP contribution >= 0.6 is 0 Å². The van der Waals surface area contributed by atoms with Gasteiger partial charge in [0.25, 0.3) is 12.0 Å². The van der Waals surface area contributed by atoms with Crippen LogP contribution in [0.5, 0.6) is 0 Å². The molecular formula is C25H21F5N4O. The van der Waals surface area contributed by atoms with Crippen molar-refractivity contribution >= 4 is 0 Å². The number of benzene rings is 2. The average Bonchev–Trinajstić information content (AvgIpc) is 3.23. The zero-order chi connectivity index (χ0) is 25.4. The van der Waals surface area contributed by atoms with Crippen LogP contribution in [-0.4, -0.2) is 19.3 Å². The summed E-state index contributed by atoms with van der Waals surface area (Å²) >= 11 is 0. The Hall–Kier alpha value is -3.82. The molecule has 0 spiro atoms. The minimum Gasteiger partial charge on any atom is -0.306 e. The molecule has 35 heavy (non-hydrogen) atoms. The van der Waals surface area contributed by atoms with E-state index < -0.39 is 41.2 Å². The third kappa shape index (κ3) is 4.87. The van der Waals surface area contributed by atoms with Gasteiger partial charge in [-0.3, -0.25) is 4.79 Å². The molecule has 0 N–H and O–H groups in total. The maximum absolute atomic E-state index is 13.7. The molecule has 5 nitrogen and oxygen atoms in total. The van der Waals surface area contributed by atoms with Gasteiger partial charge in [-0.25, -0.2) is 31.6 Å². The lowest BCUT2D eigenvalue weighted by Crippen LogP contribution is -2.31. The topological polar surface area (TPSA) is 52.7 Å². The molecule has 0 bridgehead atoms. The Bertz CT molecular complexity index is 1440. The molecule has 2 aromatic heterocycles. The van der Waals surface area contributed by atoms with Crippen molar-refractivity contribution in [2.45, 2.75) is 39.7 Å². The number of imidazole rings is 1. The van der Waals surface area contributed by atoms with Crippen molar-refractivity contribution in [1.29, 1.82) is 0 Å². The van der Waals surface area contributed by atoms with Crippen molar-refractivity contribution in [2.24, 2.45) is 0 Å². The lowest BCUT2D eigenvalue weighted by Gasteiger charge is -2.18. The second-order valence-electron chi connectivity index (χ2n) is 8.34. The molecule has 1 atom stereocenters. The summed E-state index contributed by atoms with van der Waals surface area (Å²) in [4.78, 5) is 17.4. The monoisotopic (exact) mass is 488 g/mol. The molecule has 0 saturated carbocycles. The molecule has 4 rings (SSSR count). The standard InChI is InChI=1S/C25H21F5N4O/c1-13-6-16(4-5-22(13)33-11-14(2)31-12-33)7-18-10-21(24(29)30)32-34(25(18)35)15(3)17-8-19(26)23(28)20(27)9-17/h4-6,8-12,15,24H,7H2,1-3H3/t15-/m0/s1. The number of alkyl halides is 2. The van der Waals surface area contributed by atoms with Crippen LogP contribution in [0.2, 0.25) is 0 Å². The fraction of sp³-hybridized carbons (Fsp3) is 0.240. The maximum atomic E-state index is 13.7. The Kier molecular flexibility index (Phi) is 6.56. The van der Waals surface area contributed by atoms with Gasteiger partial charge in [0.15, 0.2) is 17.5 Å². The van der Waals surface area contributed by atoms with Gasteiger partial charge in [0.2, 0.25) is 0 Å². The van der Waals surface area contributed by atoms with E-state index in [1.165, 1.54) is 6.92 Å². The Balaban J connectivity index is 1.73. The van der Waals surface area contributed by atoms with Gasteiger partial charge < -0.3 is 4.57 Å². The fourth-order valence-corrected chi connectivity index (χ4v) is 3.93. The quantitative estimate of drug-likeness (QED) is 0.262. The highest BCUT2D eigenvalue weighted by molar-refractivity contribution is 5.44. The highest BCUT2D eigenvalue weighted by atomic mass is 19.3. The minimum absolute atomic E-state index is 0.0318. The smallest absolute Gasteiger partial charge is 0.282 e. The molecule has 0 fully saturated rings. The van der Waals surface area contributed by atoms with Gasteiger partial charge >= 0.3 is 0 Å². The zero-order valence-corrected chi connectivity index (χ0v) is 19.1. The molecule has 2 heterocycles. The summed E-state index contributed by atoms with van der Waals surface area (Å²) in [6, 6.07) is 6.79. The van der Waals surface area contributed by atoms with Crippen molar-refractivity contribution in [2.75, 3.05) is 0 Å². The van der Waals surface area contributed by atoms with E-state index in [1.807, 2.05) is 36.7 Å². The summed E-state index contributed by atoms with van der Waals surface area (Å²) < 4.78 is 70.6. The van der Waals surface area contributed by atoms with Crippen molar-refractivity contribution < 1.29 is 22.0 Å². The van der Waals surface area contributed by atoms with Crippen LogP contribution < -0.4 is 5.56 Å². The number of rotatable bonds is 6. The predicted octanol–water partition coefficient (Wildman–Crippen LogP) is 5.60. The summed E-state index contributed by atoms with van der Waals surface area (Å²) in [5.74, 6) is -4.56. The SMILES string of the molecule is Cc1cn(-c2ccc(Cc3cc(C(F)F)nn([C@@H](C)c4cc(F)c(F)c(F)c4)c3=O)cc2C)cn1. The number of aromatic nitrogens is 4. The zero-order valence-electron chi connectivity index (χ0n) is 19.1. The normalized spacial score (nSPS) is 12.4. The summed E-state index contributed by atoms with van der Waals surface area (Å²) in [7, 11) is 0. The van der Waals surface area contributed by atoms with Crippen LogP contribution in [0.1, 0.15) is 53.0 Å². The first kappa shape index (κ1) is 24.3. The van der Waals surface area contributed by atoms with Gasteiger partial charge in [-0.1, -0.05) is 12.1 Å². The third-order valence-corrected chi connectivity index (χ3v) is 5.75. The second-order valence-corrected chi connectivity index (χ2v) is 8.34. The van der Waals surface area contributed by atoms with Gasteiger partial charge in [0.05, 0.1) is 18.1 Å². The summed E-state index contributed by atoms with van der Waals surface area (Å²) in [5, 5.41) is 3.71. The summed E-state index contributed by atoms with van der Waals surface area (Å²) in [6.45, 7) is 5.11. The number of nitrogens with zero attached hydrogens (tertiary/aromatic N) is 4. The Labute approximate surface area is 197 Å². The average molecular weight is 488 g/mol. The maximum Gasteiger partial charge on any atom is 0.282 e. The van der Waals surface area contributed by atoms with Gasteiger partial charge in [-0.15, -0.1) is 0 Å². The molecule has 0 radical (unpaired) electrons. The highest BCUT2D eigenvalue weighted by Crippen LogP contribution is 2.24. The van der Waals surface area contributed by atoms with E-state index in [0.717, 1.165) is 27.7 Å². The molecule has 10 heteroatoms. The van der Waals surface area contributed by atoms with Crippen molar-refractivity contribution in [3.8, 4) is 5.69 Å². The van der Waals surface area contributed by atoms with E-state index in [9.17, 15) is 26.7 Å². The second kappa shape index (κ2) is 9.44. The first-order valence-corrected chi connectivity index (χ1v) is 10.7. The van der Waals surface area contributed by atoms with Crippen LogP contribution in [0.25, 0.3) is 5.69 Å². The largest absolute Gasteiger partial charge is 0.306 e. The van der Waals surface area contributed by atoms with Gasteiger partial charge in [0, 0.05) is 23.9 Å². The van der Waals surface area contributed by atoms with E-state index in [4.69, 9.17) is 0 Å². The minimum atomic E-state index is -2.98. The lowest BCUT2D eigenvalue weighted by molar-refractivity contribution is 0.142. The number of halogens is 5. The van der Waals surface area contributed by atoms with Crippen LogP contribution in [0, 0.1) is 31.3 Å². The molecule has 182 valence electrons. The summed E-state index contributed by atoms with van der Waals surface area (Å²) in [6.07, 6.45) is 0.587. The molecule has 0 unspecified atom stereocenters. The molecule has 0 aliphatic carbocycles. The van der Waals surface area contributed by atoms with Crippen LogP contribution in [0.15, 0.2) is 53.7 Å². The van der Waals surface area contributed by atoms with Gasteiger partial charge in [0.1, 0.15) is 5.69 Å². The van der Waals surface area contributed by atoms with Gasteiger partial charge in [-0.05, 0) is 61.7 Å². The van der Waals surface area contributed by atoms with E-state index in [1.54, 1.807) is 12.4 Å². The van der Waals surface area contributed by atoms with Crippen molar-refractivity contribution in [1.82, 2.24) is 19.3 Å². The molecule has 4 aromatic rings. The van der Waals surface area contributed by atoms with Crippen LogP contribution in [0.4, 0.5) is 22.0 Å². The van der Waals surface area contributed by atoms with E-state index >= 15 is 0 Å². The third-order valence-electron chi connectivity index (χ3n) is 5.75. The molecule has 2 aromatic carbocycles. The number of hydrogen-bond donors (Lipinski definition) is 0. The highest BCUT2D eigenvalue weighted by Gasteiger charge is 2.22. The number of hydrogen-bond acceptors (Lipinski definition) is 3. The van der Waals surface area contributed by atoms with Crippen molar-refractivity contribution in [3.63, 3.8) is 0 Å². The predicted molar refractivity (Wildman–Crippen MR) is 119 cm³/mol. The van der Waals surface area contributed by atoms with Crippen LogP contribution in [-0.2, 0) is 6.42 Å². The molecular weight excluding hydrogens is 467 g/mol.